The van der Waals surface area contributed by atoms with Gasteiger partial charge in [0.05, 0.1) is 17.5 Å². The topological polar surface area (TPSA) is 64.6 Å². The van der Waals surface area contributed by atoms with Crippen LogP contribution in [-0.2, 0) is 21.2 Å². The zero-order valence-electron chi connectivity index (χ0n) is 16.5. The van der Waals surface area contributed by atoms with E-state index < -0.39 is 16.1 Å². The van der Waals surface area contributed by atoms with Gasteiger partial charge in [-0.15, -0.1) is 11.3 Å². The monoisotopic (exact) mass is 431 g/mol. The van der Waals surface area contributed by atoms with E-state index in [0.717, 1.165) is 16.9 Å². The summed E-state index contributed by atoms with van der Waals surface area (Å²) in [6, 6.07) is 17.9. The largest absolute Gasteiger partial charge is 0.491 e. The number of rotatable bonds is 10. The van der Waals surface area contributed by atoms with Gasteiger partial charge in [-0.3, -0.25) is 0 Å². The summed E-state index contributed by atoms with van der Waals surface area (Å²) < 4.78 is 39.4. The summed E-state index contributed by atoms with van der Waals surface area (Å²) in [7, 11) is -2.11. The fourth-order valence-electron chi connectivity index (χ4n) is 2.87. The third-order valence-corrected chi connectivity index (χ3v) is 6.89. The van der Waals surface area contributed by atoms with Gasteiger partial charge < -0.3 is 9.47 Å². The molecular formula is C22H25NO4S2. The number of nitrogens with one attached hydrogen (secondary N) is 1. The number of ether oxygens (including phenoxy) is 2. The van der Waals surface area contributed by atoms with Crippen LogP contribution in [0.1, 0.15) is 29.0 Å². The van der Waals surface area contributed by atoms with E-state index in [9.17, 15) is 8.42 Å². The van der Waals surface area contributed by atoms with Crippen LogP contribution in [0.4, 0.5) is 0 Å². The van der Waals surface area contributed by atoms with Crippen LogP contribution in [0, 0.1) is 0 Å². The minimum atomic E-state index is -3.71. The molecule has 2 aromatic carbocycles. The minimum absolute atomic E-state index is 0.198. The summed E-state index contributed by atoms with van der Waals surface area (Å²) in [6.45, 7) is 2.98. The first-order valence-corrected chi connectivity index (χ1v) is 11.8. The van der Waals surface area contributed by atoms with Gasteiger partial charge in [0.15, 0.2) is 0 Å². The number of thiophene rings is 1. The van der Waals surface area contributed by atoms with Crippen LogP contribution in [0.5, 0.6) is 5.75 Å². The number of sulfonamides is 1. The second kappa shape index (κ2) is 10.0. The SMILES string of the molecule is CCc1ccc(C(NS(=O)(=O)c2ccc(OCCOC)cc2)c2cccs2)cc1. The molecule has 0 radical (unpaired) electrons. The minimum Gasteiger partial charge on any atom is -0.491 e. The van der Waals surface area contributed by atoms with Crippen molar-refractivity contribution in [3.63, 3.8) is 0 Å². The molecule has 0 bridgehead atoms. The van der Waals surface area contributed by atoms with E-state index in [1.807, 2.05) is 41.8 Å². The van der Waals surface area contributed by atoms with Gasteiger partial charge in [0.1, 0.15) is 12.4 Å². The highest BCUT2D eigenvalue weighted by Gasteiger charge is 2.23. The first-order valence-electron chi connectivity index (χ1n) is 9.40. The maximum Gasteiger partial charge on any atom is 0.241 e. The summed E-state index contributed by atoms with van der Waals surface area (Å²) in [4.78, 5) is 1.14. The Morgan fingerprint density at radius 3 is 2.31 bits per heavy atom. The predicted octanol–water partition coefficient (Wildman–Crippen LogP) is 4.40. The van der Waals surface area contributed by atoms with E-state index in [1.165, 1.54) is 16.9 Å². The average Bonchev–Trinajstić information content (AvgIpc) is 3.27. The maximum absolute atomic E-state index is 13.0. The summed E-state index contributed by atoms with van der Waals surface area (Å²) in [5.74, 6) is 0.603. The molecule has 1 heterocycles. The summed E-state index contributed by atoms with van der Waals surface area (Å²) in [5.41, 5.74) is 2.12. The Morgan fingerprint density at radius 1 is 1.00 bits per heavy atom. The summed E-state index contributed by atoms with van der Waals surface area (Å²) in [6.07, 6.45) is 0.939. The molecular weight excluding hydrogens is 406 g/mol. The van der Waals surface area contributed by atoms with Gasteiger partial charge in [-0.25, -0.2) is 8.42 Å². The summed E-state index contributed by atoms with van der Waals surface area (Å²) in [5, 5.41) is 1.95. The van der Waals surface area contributed by atoms with Gasteiger partial charge in [-0.05, 0) is 53.3 Å². The fourth-order valence-corrected chi connectivity index (χ4v) is 4.95. The molecule has 3 aromatic rings. The van der Waals surface area contributed by atoms with Gasteiger partial charge >= 0.3 is 0 Å². The molecule has 1 atom stereocenters. The smallest absolute Gasteiger partial charge is 0.241 e. The van der Waals surface area contributed by atoms with Crippen LogP contribution in [0.25, 0.3) is 0 Å². The van der Waals surface area contributed by atoms with E-state index in [4.69, 9.17) is 9.47 Å². The zero-order valence-corrected chi connectivity index (χ0v) is 18.1. The molecule has 0 amide bonds. The van der Waals surface area contributed by atoms with Crippen LogP contribution in [0.15, 0.2) is 70.9 Å². The molecule has 0 saturated heterocycles. The summed E-state index contributed by atoms with van der Waals surface area (Å²) >= 11 is 1.53. The van der Waals surface area contributed by atoms with E-state index in [1.54, 1.807) is 31.4 Å². The van der Waals surface area contributed by atoms with Gasteiger partial charge in [-0.1, -0.05) is 37.3 Å². The van der Waals surface area contributed by atoms with E-state index in [2.05, 4.69) is 11.6 Å². The molecule has 0 aliphatic carbocycles. The highest BCUT2D eigenvalue weighted by Crippen LogP contribution is 2.28. The number of hydrogen-bond acceptors (Lipinski definition) is 5. The van der Waals surface area contributed by atoms with Crippen molar-refractivity contribution in [2.24, 2.45) is 0 Å². The van der Waals surface area contributed by atoms with Crippen LogP contribution in [-0.4, -0.2) is 28.7 Å². The van der Waals surface area contributed by atoms with Crippen molar-refractivity contribution < 1.29 is 17.9 Å². The Bertz CT molecular complexity index is 982. The quantitative estimate of drug-likeness (QED) is 0.483. The molecule has 0 aliphatic rings. The number of hydrogen-bond donors (Lipinski definition) is 1. The van der Waals surface area contributed by atoms with E-state index >= 15 is 0 Å². The standard InChI is InChI=1S/C22H25NO4S2/c1-3-17-6-8-18(9-7-17)22(21-5-4-16-28-21)23-29(24,25)20-12-10-19(11-13-20)27-15-14-26-2/h4-13,16,22-23H,3,14-15H2,1-2H3. The van der Waals surface area contributed by atoms with Crippen molar-refractivity contribution >= 4 is 21.4 Å². The predicted molar refractivity (Wildman–Crippen MR) is 116 cm³/mol. The molecule has 1 aromatic heterocycles. The lowest BCUT2D eigenvalue weighted by Crippen LogP contribution is -2.29. The van der Waals surface area contributed by atoms with Crippen LogP contribution >= 0.6 is 11.3 Å². The molecule has 0 fully saturated rings. The van der Waals surface area contributed by atoms with Gasteiger partial charge in [0, 0.05) is 12.0 Å². The van der Waals surface area contributed by atoms with Crippen molar-refractivity contribution in [2.75, 3.05) is 20.3 Å². The molecule has 3 rings (SSSR count). The lowest BCUT2D eigenvalue weighted by Gasteiger charge is -2.19. The highest BCUT2D eigenvalue weighted by molar-refractivity contribution is 7.89. The lowest BCUT2D eigenvalue weighted by atomic mass is 10.0. The van der Waals surface area contributed by atoms with Crippen molar-refractivity contribution in [3.05, 3.63) is 82.0 Å². The Labute approximate surface area is 176 Å². The molecule has 154 valence electrons. The second-order valence-electron chi connectivity index (χ2n) is 6.48. The van der Waals surface area contributed by atoms with Crippen LogP contribution < -0.4 is 9.46 Å². The number of methoxy groups -OCH3 is 1. The molecule has 1 N–H and O–H groups in total. The molecule has 5 nitrogen and oxygen atoms in total. The Kier molecular flexibility index (Phi) is 7.44. The zero-order chi connectivity index (χ0) is 20.7. The maximum atomic E-state index is 13.0. The second-order valence-corrected chi connectivity index (χ2v) is 9.17. The highest BCUT2D eigenvalue weighted by atomic mass is 32.2. The number of aryl methyl sites for hydroxylation is 1. The van der Waals surface area contributed by atoms with Gasteiger partial charge in [0.25, 0.3) is 0 Å². The Hall–Kier alpha value is -2.19. The van der Waals surface area contributed by atoms with Crippen LogP contribution in [0.3, 0.4) is 0 Å². The van der Waals surface area contributed by atoms with Gasteiger partial charge in [0.2, 0.25) is 10.0 Å². The molecule has 29 heavy (non-hydrogen) atoms. The van der Waals surface area contributed by atoms with E-state index in [0.29, 0.717) is 19.0 Å². The molecule has 1 unspecified atom stereocenters. The lowest BCUT2D eigenvalue weighted by molar-refractivity contribution is 0.146. The van der Waals surface area contributed by atoms with Crippen molar-refractivity contribution in [1.82, 2.24) is 4.72 Å². The number of benzene rings is 2. The molecule has 0 aliphatic heterocycles. The van der Waals surface area contributed by atoms with Gasteiger partial charge in [-0.2, -0.15) is 4.72 Å². The van der Waals surface area contributed by atoms with Crippen molar-refractivity contribution in [3.8, 4) is 5.75 Å². The first kappa shape index (κ1) is 21.5. The fraction of sp³-hybridized carbons (Fsp3) is 0.273. The van der Waals surface area contributed by atoms with Crippen molar-refractivity contribution in [1.29, 1.82) is 0 Å². The van der Waals surface area contributed by atoms with E-state index in [-0.39, 0.29) is 4.90 Å². The Morgan fingerprint density at radius 2 is 1.72 bits per heavy atom. The normalized spacial score (nSPS) is 12.6. The average molecular weight is 432 g/mol. The molecule has 7 heteroatoms. The Balaban J connectivity index is 1.82. The third-order valence-electron chi connectivity index (χ3n) is 4.51. The third kappa shape index (κ3) is 5.67. The van der Waals surface area contributed by atoms with Crippen LogP contribution in [0.2, 0.25) is 0 Å². The molecule has 0 saturated carbocycles. The first-order chi connectivity index (χ1) is 14.0. The molecule has 0 spiro atoms. The van der Waals surface area contributed by atoms with Crippen molar-refractivity contribution in [2.45, 2.75) is 24.3 Å².